The maximum Gasteiger partial charge on any atom is 0.414 e. The molecule has 2 amide bonds. The minimum Gasteiger partial charge on any atom is -0.442 e. The van der Waals surface area contributed by atoms with Gasteiger partial charge in [0.25, 0.3) is 0 Å². The van der Waals surface area contributed by atoms with Crippen molar-refractivity contribution in [3.8, 4) is 0 Å². The second kappa shape index (κ2) is 8.02. The van der Waals surface area contributed by atoms with Crippen LogP contribution in [-0.4, -0.2) is 68.9 Å². The number of nitrogens with zero attached hydrogens (tertiary/aromatic N) is 3. The lowest BCUT2D eigenvalue weighted by Gasteiger charge is -2.29. The topological polar surface area (TPSA) is 62.3 Å². The SMILES string of the molecule is CC(C)=C1CCN(C[C@H]2CN(c3ccc(N4CCOCC4)c(F)c3)C(=O)O2)C1=O. The highest BCUT2D eigenvalue weighted by Gasteiger charge is 2.37. The zero-order valence-electron chi connectivity index (χ0n) is 16.8. The van der Waals surface area contributed by atoms with Crippen molar-refractivity contribution in [2.24, 2.45) is 0 Å². The van der Waals surface area contributed by atoms with E-state index in [0.29, 0.717) is 57.3 Å². The number of carbonyl (C=O) groups is 2. The van der Waals surface area contributed by atoms with E-state index in [1.165, 1.54) is 11.0 Å². The zero-order chi connectivity index (χ0) is 20.5. The molecule has 3 saturated heterocycles. The normalized spacial score (nSPS) is 22.5. The number of allylic oxidation sites excluding steroid dienone is 1. The molecule has 0 spiro atoms. The summed E-state index contributed by atoms with van der Waals surface area (Å²) in [5.41, 5.74) is 2.84. The molecule has 1 aromatic carbocycles. The summed E-state index contributed by atoms with van der Waals surface area (Å²) in [6.07, 6.45) is -0.215. The molecule has 0 aromatic heterocycles. The Balaban J connectivity index is 1.42. The first-order chi connectivity index (χ1) is 13.9. The van der Waals surface area contributed by atoms with Crippen LogP contribution in [0.4, 0.5) is 20.6 Å². The highest BCUT2D eigenvalue weighted by molar-refractivity contribution is 5.96. The van der Waals surface area contributed by atoms with Gasteiger partial charge in [0, 0.05) is 25.2 Å². The molecule has 29 heavy (non-hydrogen) atoms. The molecule has 1 atom stereocenters. The van der Waals surface area contributed by atoms with Crippen molar-refractivity contribution < 1.29 is 23.5 Å². The highest BCUT2D eigenvalue weighted by Crippen LogP contribution is 2.29. The standard InChI is InChI=1S/C21H26FN3O4/c1-14(2)17-5-6-24(20(17)26)12-16-13-25(21(27)29-16)15-3-4-19(18(22)11-15)23-7-9-28-10-8-23/h3-4,11,16H,5-10,12-13H2,1-2H3/t16-/m0/s1. The fourth-order valence-corrected chi connectivity index (χ4v) is 4.08. The molecular formula is C21H26FN3O4. The van der Waals surface area contributed by atoms with Gasteiger partial charge in [-0.3, -0.25) is 9.69 Å². The Hall–Kier alpha value is -2.61. The molecule has 3 heterocycles. The zero-order valence-corrected chi connectivity index (χ0v) is 16.8. The van der Waals surface area contributed by atoms with Crippen LogP contribution in [0.15, 0.2) is 29.3 Å². The van der Waals surface area contributed by atoms with E-state index in [4.69, 9.17) is 9.47 Å². The summed E-state index contributed by atoms with van der Waals surface area (Å²) in [7, 11) is 0. The van der Waals surface area contributed by atoms with Crippen LogP contribution < -0.4 is 9.80 Å². The van der Waals surface area contributed by atoms with Crippen LogP contribution in [-0.2, 0) is 14.3 Å². The molecule has 0 aliphatic carbocycles. The molecule has 156 valence electrons. The van der Waals surface area contributed by atoms with Gasteiger partial charge >= 0.3 is 6.09 Å². The average molecular weight is 403 g/mol. The third kappa shape index (κ3) is 3.94. The van der Waals surface area contributed by atoms with E-state index in [9.17, 15) is 14.0 Å². The minimum absolute atomic E-state index is 0.0143. The molecule has 4 rings (SSSR count). The second-order valence-corrected chi connectivity index (χ2v) is 7.83. The van der Waals surface area contributed by atoms with Crippen LogP contribution in [0.3, 0.4) is 0 Å². The van der Waals surface area contributed by atoms with Crippen molar-refractivity contribution in [3.63, 3.8) is 0 Å². The predicted molar refractivity (Wildman–Crippen MR) is 107 cm³/mol. The van der Waals surface area contributed by atoms with Crippen molar-refractivity contribution >= 4 is 23.4 Å². The Kier molecular flexibility index (Phi) is 5.45. The molecule has 3 aliphatic rings. The van der Waals surface area contributed by atoms with E-state index in [0.717, 1.165) is 17.6 Å². The lowest BCUT2D eigenvalue weighted by atomic mass is 10.1. The first-order valence-corrected chi connectivity index (χ1v) is 10.00. The van der Waals surface area contributed by atoms with Gasteiger partial charge in [-0.2, -0.15) is 0 Å². The number of anilines is 2. The number of rotatable bonds is 4. The smallest absolute Gasteiger partial charge is 0.414 e. The van der Waals surface area contributed by atoms with E-state index in [1.807, 2.05) is 18.7 Å². The number of benzene rings is 1. The number of hydrogen-bond acceptors (Lipinski definition) is 5. The van der Waals surface area contributed by atoms with Crippen LogP contribution in [0.5, 0.6) is 0 Å². The number of cyclic esters (lactones) is 1. The molecule has 8 heteroatoms. The monoisotopic (exact) mass is 403 g/mol. The van der Waals surface area contributed by atoms with Gasteiger partial charge in [0.15, 0.2) is 0 Å². The number of halogens is 1. The molecular weight excluding hydrogens is 377 g/mol. The summed E-state index contributed by atoms with van der Waals surface area (Å²) in [5, 5.41) is 0. The van der Waals surface area contributed by atoms with E-state index < -0.39 is 12.2 Å². The summed E-state index contributed by atoms with van der Waals surface area (Å²) in [5.74, 6) is -0.357. The summed E-state index contributed by atoms with van der Waals surface area (Å²) in [6, 6.07) is 4.80. The molecule has 0 bridgehead atoms. The van der Waals surface area contributed by atoms with E-state index in [2.05, 4.69) is 0 Å². The Bertz CT molecular complexity index is 846. The number of carbonyl (C=O) groups excluding carboxylic acids is 2. The summed E-state index contributed by atoms with van der Waals surface area (Å²) >= 11 is 0. The molecule has 1 aromatic rings. The summed E-state index contributed by atoms with van der Waals surface area (Å²) in [6.45, 7) is 7.58. The third-order valence-electron chi connectivity index (χ3n) is 5.67. The van der Waals surface area contributed by atoms with Crippen molar-refractivity contribution in [1.82, 2.24) is 4.90 Å². The Morgan fingerprint density at radius 2 is 1.93 bits per heavy atom. The van der Waals surface area contributed by atoms with Crippen LogP contribution >= 0.6 is 0 Å². The lowest BCUT2D eigenvalue weighted by Crippen LogP contribution is -2.37. The maximum atomic E-state index is 14.7. The number of ether oxygens (including phenoxy) is 2. The number of likely N-dealkylation sites (tertiary alicyclic amines) is 1. The molecule has 3 fully saturated rings. The lowest BCUT2D eigenvalue weighted by molar-refractivity contribution is -0.125. The Morgan fingerprint density at radius 1 is 1.17 bits per heavy atom. The molecule has 0 unspecified atom stereocenters. The van der Waals surface area contributed by atoms with Gasteiger partial charge in [-0.15, -0.1) is 0 Å². The summed E-state index contributed by atoms with van der Waals surface area (Å²) in [4.78, 5) is 29.9. The number of morpholine rings is 1. The quantitative estimate of drug-likeness (QED) is 0.723. The summed E-state index contributed by atoms with van der Waals surface area (Å²) < 4.78 is 25.4. The van der Waals surface area contributed by atoms with Gasteiger partial charge in [-0.05, 0) is 38.5 Å². The third-order valence-corrected chi connectivity index (χ3v) is 5.67. The van der Waals surface area contributed by atoms with Crippen LogP contribution in [0.1, 0.15) is 20.3 Å². The van der Waals surface area contributed by atoms with E-state index >= 15 is 0 Å². The molecule has 7 nitrogen and oxygen atoms in total. The predicted octanol–water partition coefficient (Wildman–Crippen LogP) is 2.56. The van der Waals surface area contributed by atoms with Crippen molar-refractivity contribution in [2.75, 3.05) is 55.7 Å². The first-order valence-electron chi connectivity index (χ1n) is 10.00. The van der Waals surface area contributed by atoms with Gasteiger partial charge in [0.1, 0.15) is 11.9 Å². The van der Waals surface area contributed by atoms with Crippen molar-refractivity contribution in [2.45, 2.75) is 26.4 Å². The van der Waals surface area contributed by atoms with E-state index in [1.54, 1.807) is 17.0 Å². The molecule has 3 aliphatic heterocycles. The van der Waals surface area contributed by atoms with Gasteiger partial charge in [-0.25, -0.2) is 9.18 Å². The maximum absolute atomic E-state index is 14.7. The number of hydrogen-bond donors (Lipinski definition) is 0. The molecule has 0 N–H and O–H groups in total. The first kappa shape index (κ1) is 19.7. The second-order valence-electron chi connectivity index (χ2n) is 7.83. The molecule has 0 saturated carbocycles. The molecule has 0 radical (unpaired) electrons. The number of amides is 2. The van der Waals surface area contributed by atoms with Gasteiger partial charge in [-0.1, -0.05) is 5.57 Å². The van der Waals surface area contributed by atoms with Gasteiger partial charge in [0.05, 0.1) is 37.7 Å². The fourth-order valence-electron chi connectivity index (χ4n) is 4.08. The Labute approximate surface area is 169 Å². The minimum atomic E-state index is -0.511. The van der Waals surface area contributed by atoms with Crippen LogP contribution in [0.2, 0.25) is 0 Å². The Morgan fingerprint density at radius 3 is 2.59 bits per heavy atom. The highest BCUT2D eigenvalue weighted by atomic mass is 19.1. The van der Waals surface area contributed by atoms with Crippen molar-refractivity contribution in [3.05, 3.63) is 35.2 Å². The van der Waals surface area contributed by atoms with Crippen molar-refractivity contribution in [1.29, 1.82) is 0 Å². The van der Waals surface area contributed by atoms with Crippen LogP contribution in [0, 0.1) is 5.82 Å². The fraction of sp³-hybridized carbons (Fsp3) is 0.524. The van der Waals surface area contributed by atoms with E-state index in [-0.39, 0.29) is 11.7 Å². The average Bonchev–Trinajstić information content (AvgIpc) is 3.25. The largest absolute Gasteiger partial charge is 0.442 e. The van der Waals surface area contributed by atoms with Gasteiger partial charge < -0.3 is 19.3 Å². The van der Waals surface area contributed by atoms with Crippen LogP contribution in [0.25, 0.3) is 0 Å². The van der Waals surface area contributed by atoms with Gasteiger partial charge in [0.2, 0.25) is 5.91 Å².